The molecule has 0 aromatic heterocycles. The maximum Gasteiger partial charge on any atom is 0.339 e. The largest absolute Gasteiger partial charge is 0.465 e. The molecule has 0 spiro atoms. The SMILES string of the molecule is COC(=O)c1ccccc1NC(=O)N(C)c1ccccc1I. The van der Waals surface area contributed by atoms with Crippen LogP contribution in [0.25, 0.3) is 0 Å². The second kappa shape index (κ2) is 7.26. The molecule has 5 nitrogen and oxygen atoms in total. The summed E-state index contributed by atoms with van der Waals surface area (Å²) in [5.41, 5.74) is 1.52. The van der Waals surface area contributed by atoms with Crippen LogP contribution in [0.5, 0.6) is 0 Å². The molecule has 0 aliphatic carbocycles. The van der Waals surface area contributed by atoms with Gasteiger partial charge in [0.2, 0.25) is 0 Å². The number of carbonyl (C=O) groups excluding carboxylic acids is 2. The van der Waals surface area contributed by atoms with Gasteiger partial charge in [-0.05, 0) is 46.9 Å². The van der Waals surface area contributed by atoms with Gasteiger partial charge in [-0.3, -0.25) is 4.90 Å². The zero-order valence-electron chi connectivity index (χ0n) is 12.2. The van der Waals surface area contributed by atoms with Crippen molar-refractivity contribution in [1.82, 2.24) is 0 Å². The molecule has 2 aromatic rings. The van der Waals surface area contributed by atoms with E-state index in [9.17, 15) is 9.59 Å². The number of esters is 1. The molecule has 2 amide bonds. The molecule has 0 radical (unpaired) electrons. The normalized spacial score (nSPS) is 9.95. The number of para-hydroxylation sites is 2. The number of methoxy groups -OCH3 is 1. The van der Waals surface area contributed by atoms with Gasteiger partial charge in [0.25, 0.3) is 0 Å². The Bertz CT molecular complexity index is 703. The van der Waals surface area contributed by atoms with E-state index in [1.807, 2.05) is 24.3 Å². The lowest BCUT2D eigenvalue weighted by Gasteiger charge is -2.20. The highest BCUT2D eigenvalue weighted by Crippen LogP contribution is 2.22. The fraction of sp³-hybridized carbons (Fsp3) is 0.125. The van der Waals surface area contributed by atoms with Gasteiger partial charge in [-0.25, -0.2) is 9.59 Å². The molecule has 2 rings (SSSR count). The number of amides is 2. The fourth-order valence-corrected chi connectivity index (χ4v) is 2.66. The van der Waals surface area contributed by atoms with Crippen molar-refractivity contribution in [2.24, 2.45) is 0 Å². The Kier molecular flexibility index (Phi) is 5.37. The highest BCUT2D eigenvalue weighted by molar-refractivity contribution is 14.1. The number of urea groups is 1. The summed E-state index contributed by atoms with van der Waals surface area (Å²) in [6.07, 6.45) is 0. The predicted octanol–water partition coefficient (Wildman–Crippen LogP) is 3.75. The minimum absolute atomic E-state index is 0.314. The molecule has 1 N–H and O–H groups in total. The second-order valence-electron chi connectivity index (χ2n) is 4.48. The summed E-state index contributed by atoms with van der Waals surface area (Å²) < 4.78 is 5.68. The molecule has 6 heteroatoms. The predicted molar refractivity (Wildman–Crippen MR) is 94.4 cm³/mol. The number of carbonyl (C=O) groups is 2. The quantitative estimate of drug-likeness (QED) is 0.620. The van der Waals surface area contributed by atoms with Crippen molar-refractivity contribution in [3.05, 3.63) is 57.7 Å². The van der Waals surface area contributed by atoms with Crippen molar-refractivity contribution in [3.63, 3.8) is 0 Å². The smallest absolute Gasteiger partial charge is 0.339 e. The first-order chi connectivity index (χ1) is 10.5. The van der Waals surface area contributed by atoms with E-state index in [2.05, 4.69) is 27.9 Å². The summed E-state index contributed by atoms with van der Waals surface area (Å²) in [5, 5.41) is 2.73. The van der Waals surface area contributed by atoms with E-state index < -0.39 is 5.97 Å². The standard InChI is InChI=1S/C16H15IN2O3/c1-19(14-10-6-4-8-12(14)17)16(21)18-13-9-5-3-7-11(13)15(20)22-2/h3-10H,1-2H3,(H,18,21). The molecule has 2 aromatic carbocycles. The number of rotatable bonds is 3. The molecule has 0 fully saturated rings. The number of ether oxygens (including phenoxy) is 1. The molecule has 0 heterocycles. The van der Waals surface area contributed by atoms with Gasteiger partial charge in [-0.2, -0.15) is 0 Å². The van der Waals surface area contributed by atoms with Crippen LogP contribution in [0.4, 0.5) is 16.2 Å². The van der Waals surface area contributed by atoms with Crippen molar-refractivity contribution in [2.45, 2.75) is 0 Å². The number of nitrogens with one attached hydrogen (secondary N) is 1. The topological polar surface area (TPSA) is 58.6 Å². The molecular formula is C16H15IN2O3. The lowest BCUT2D eigenvalue weighted by molar-refractivity contribution is 0.0602. The Balaban J connectivity index is 2.23. The van der Waals surface area contributed by atoms with Gasteiger partial charge >= 0.3 is 12.0 Å². The van der Waals surface area contributed by atoms with Crippen LogP contribution < -0.4 is 10.2 Å². The third kappa shape index (κ3) is 3.56. The lowest BCUT2D eigenvalue weighted by Crippen LogP contribution is -2.32. The van der Waals surface area contributed by atoms with E-state index in [0.29, 0.717) is 11.3 Å². The average molecular weight is 410 g/mol. The highest BCUT2D eigenvalue weighted by Gasteiger charge is 2.17. The van der Waals surface area contributed by atoms with Crippen LogP contribution in [-0.2, 0) is 4.74 Å². The van der Waals surface area contributed by atoms with E-state index in [-0.39, 0.29) is 6.03 Å². The molecule has 22 heavy (non-hydrogen) atoms. The Labute approximate surface area is 142 Å². The summed E-state index contributed by atoms with van der Waals surface area (Å²) in [6, 6.07) is 13.9. The Morgan fingerprint density at radius 3 is 2.41 bits per heavy atom. The number of hydrogen-bond donors (Lipinski definition) is 1. The third-order valence-corrected chi connectivity index (χ3v) is 4.00. The molecule has 0 saturated heterocycles. The van der Waals surface area contributed by atoms with Gasteiger partial charge in [0.05, 0.1) is 24.0 Å². The zero-order chi connectivity index (χ0) is 16.1. The van der Waals surface area contributed by atoms with Crippen LogP contribution in [-0.4, -0.2) is 26.2 Å². The second-order valence-corrected chi connectivity index (χ2v) is 5.64. The summed E-state index contributed by atoms with van der Waals surface area (Å²) in [7, 11) is 2.98. The van der Waals surface area contributed by atoms with E-state index in [4.69, 9.17) is 4.74 Å². The van der Waals surface area contributed by atoms with Crippen molar-refractivity contribution in [2.75, 3.05) is 24.4 Å². The Hall–Kier alpha value is -2.09. The molecular weight excluding hydrogens is 395 g/mol. The lowest BCUT2D eigenvalue weighted by atomic mass is 10.2. The molecule has 114 valence electrons. The van der Waals surface area contributed by atoms with Gasteiger partial charge in [-0.15, -0.1) is 0 Å². The summed E-state index contributed by atoms with van der Waals surface area (Å²) in [6.45, 7) is 0. The summed E-state index contributed by atoms with van der Waals surface area (Å²) in [4.78, 5) is 25.6. The maximum absolute atomic E-state index is 12.4. The molecule has 0 unspecified atom stereocenters. The van der Waals surface area contributed by atoms with Crippen LogP contribution >= 0.6 is 22.6 Å². The summed E-state index contributed by atoms with van der Waals surface area (Å²) in [5.74, 6) is -0.493. The first kappa shape index (κ1) is 16.3. The van der Waals surface area contributed by atoms with E-state index >= 15 is 0 Å². The van der Waals surface area contributed by atoms with Crippen molar-refractivity contribution in [3.8, 4) is 0 Å². The highest BCUT2D eigenvalue weighted by atomic mass is 127. The van der Waals surface area contributed by atoms with Gasteiger partial charge in [0.1, 0.15) is 0 Å². The van der Waals surface area contributed by atoms with Gasteiger partial charge in [0.15, 0.2) is 0 Å². The molecule has 0 aliphatic heterocycles. The molecule has 0 aliphatic rings. The van der Waals surface area contributed by atoms with Crippen molar-refractivity contribution < 1.29 is 14.3 Å². The average Bonchev–Trinajstić information content (AvgIpc) is 2.54. The minimum atomic E-state index is -0.493. The number of nitrogens with zero attached hydrogens (tertiary/aromatic N) is 1. The Morgan fingerprint density at radius 2 is 1.73 bits per heavy atom. The fourth-order valence-electron chi connectivity index (χ4n) is 1.91. The van der Waals surface area contributed by atoms with E-state index in [0.717, 1.165) is 9.26 Å². The molecule has 0 saturated carbocycles. The maximum atomic E-state index is 12.4. The van der Waals surface area contributed by atoms with E-state index in [1.165, 1.54) is 12.0 Å². The number of benzene rings is 2. The number of hydrogen-bond acceptors (Lipinski definition) is 3. The van der Waals surface area contributed by atoms with Crippen LogP contribution in [0.15, 0.2) is 48.5 Å². The van der Waals surface area contributed by atoms with Crippen molar-refractivity contribution in [1.29, 1.82) is 0 Å². The van der Waals surface area contributed by atoms with Crippen LogP contribution in [0, 0.1) is 3.57 Å². The van der Waals surface area contributed by atoms with Crippen LogP contribution in [0.2, 0.25) is 0 Å². The van der Waals surface area contributed by atoms with E-state index in [1.54, 1.807) is 31.3 Å². The first-order valence-corrected chi connectivity index (χ1v) is 7.59. The number of anilines is 2. The third-order valence-electron chi connectivity index (χ3n) is 3.09. The molecule has 0 atom stereocenters. The number of halogens is 1. The van der Waals surface area contributed by atoms with Crippen LogP contribution in [0.3, 0.4) is 0 Å². The Morgan fingerprint density at radius 1 is 1.09 bits per heavy atom. The monoisotopic (exact) mass is 410 g/mol. The van der Waals surface area contributed by atoms with Crippen LogP contribution in [0.1, 0.15) is 10.4 Å². The summed E-state index contributed by atoms with van der Waals surface area (Å²) >= 11 is 2.17. The van der Waals surface area contributed by atoms with Gasteiger partial charge in [0, 0.05) is 10.6 Å². The van der Waals surface area contributed by atoms with Gasteiger partial charge < -0.3 is 10.1 Å². The zero-order valence-corrected chi connectivity index (χ0v) is 14.3. The molecule has 0 bridgehead atoms. The first-order valence-electron chi connectivity index (χ1n) is 6.51. The van der Waals surface area contributed by atoms with Gasteiger partial charge in [-0.1, -0.05) is 24.3 Å². The minimum Gasteiger partial charge on any atom is -0.465 e. The van der Waals surface area contributed by atoms with Crippen molar-refractivity contribution >= 4 is 46.0 Å².